The molecule has 0 aliphatic rings. The number of hydrogen-bond acceptors (Lipinski definition) is 3. The lowest BCUT2D eigenvalue weighted by Crippen LogP contribution is -2.12. The van der Waals surface area contributed by atoms with Crippen molar-refractivity contribution in [3.8, 4) is 0 Å². The fraction of sp³-hybridized carbons (Fsp3) is 0.133. The zero-order chi connectivity index (χ0) is 16.1. The second-order valence-electron chi connectivity index (χ2n) is 4.45. The van der Waals surface area contributed by atoms with Gasteiger partial charge in [-0.2, -0.15) is 0 Å². The van der Waals surface area contributed by atoms with Crippen molar-refractivity contribution < 1.29 is 4.79 Å². The molecule has 0 heterocycles. The molecule has 3 nitrogen and oxygen atoms in total. The number of benzene rings is 2. The first-order valence-corrected chi connectivity index (χ1v) is 8.50. The van der Waals surface area contributed by atoms with Crippen molar-refractivity contribution in [2.75, 3.05) is 16.8 Å². The van der Waals surface area contributed by atoms with Gasteiger partial charge in [0.2, 0.25) is 5.91 Å². The highest BCUT2D eigenvalue weighted by Crippen LogP contribution is 2.31. The molecule has 0 spiro atoms. The van der Waals surface area contributed by atoms with Crippen LogP contribution in [0.1, 0.15) is 6.42 Å². The predicted octanol–water partition coefficient (Wildman–Crippen LogP) is 5.35. The zero-order valence-corrected chi connectivity index (χ0v) is 14.5. The topological polar surface area (TPSA) is 55.1 Å². The van der Waals surface area contributed by atoms with Crippen LogP contribution < -0.4 is 11.1 Å². The number of nitrogen functional groups attached to an aromatic ring is 1. The van der Waals surface area contributed by atoms with Gasteiger partial charge in [-0.25, -0.2) is 0 Å². The van der Waals surface area contributed by atoms with Crippen LogP contribution in [0.15, 0.2) is 41.3 Å². The summed E-state index contributed by atoms with van der Waals surface area (Å²) in [4.78, 5) is 13.0. The lowest BCUT2D eigenvalue weighted by molar-refractivity contribution is -0.115. The van der Waals surface area contributed by atoms with E-state index in [-0.39, 0.29) is 5.91 Å². The van der Waals surface area contributed by atoms with E-state index < -0.39 is 0 Å². The van der Waals surface area contributed by atoms with Crippen LogP contribution in [0.3, 0.4) is 0 Å². The van der Waals surface area contributed by atoms with Gasteiger partial charge in [-0.1, -0.05) is 34.8 Å². The lowest BCUT2D eigenvalue weighted by Gasteiger charge is -2.09. The number of carbonyl (C=O) groups excluding carboxylic acids is 1. The van der Waals surface area contributed by atoms with Crippen molar-refractivity contribution in [3.63, 3.8) is 0 Å². The van der Waals surface area contributed by atoms with Gasteiger partial charge in [0.1, 0.15) is 0 Å². The molecule has 0 saturated heterocycles. The molecule has 0 aliphatic carbocycles. The van der Waals surface area contributed by atoms with Crippen LogP contribution in [0.5, 0.6) is 0 Å². The van der Waals surface area contributed by atoms with E-state index in [1.807, 2.05) is 24.3 Å². The maximum atomic E-state index is 11.9. The van der Waals surface area contributed by atoms with Crippen LogP contribution in [0.2, 0.25) is 15.1 Å². The molecule has 22 heavy (non-hydrogen) atoms. The van der Waals surface area contributed by atoms with Crippen molar-refractivity contribution in [1.82, 2.24) is 0 Å². The van der Waals surface area contributed by atoms with E-state index in [0.717, 1.165) is 4.90 Å². The number of nitrogens with one attached hydrogen (secondary N) is 1. The highest BCUT2D eigenvalue weighted by atomic mass is 35.5. The molecule has 1 amide bonds. The number of rotatable bonds is 5. The predicted molar refractivity (Wildman–Crippen MR) is 96.3 cm³/mol. The molecule has 2 aromatic carbocycles. The zero-order valence-electron chi connectivity index (χ0n) is 11.4. The normalized spacial score (nSPS) is 10.5. The average molecular weight is 376 g/mol. The Morgan fingerprint density at radius 3 is 2.45 bits per heavy atom. The van der Waals surface area contributed by atoms with Gasteiger partial charge in [-0.3, -0.25) is 4.79 Å². The minimum absolute atomic E-state index is 0.135. The summed E-state index contributed by atoms with van der Waals surface area (Å²) in [5.41, 5.74) is 6.47. The second-order valence-corrected chi connectivity index (χ2v) is 6.87. The molecule has 2 rings (SSSR count). The van der Waals surface area contributed by atoms with Crippen molar-refractivity contribution in [2.45, 2.75) is 11.3 Å². The number of anilines is 2. The van der Waals surface area contributed by atoms with Gasteiger partial charge >= 0.3 is 0 Å². The molecule has 7 heteroatoms. The Labute approximate surface area is 148 Å². The summed E-state index contributed by atoms with van der Waals surface area (Å²) < 4.78 is 0. The number of halogens is 3. The minimum Gasteiger partial charge on any atom is -0.397 e. The molecule has 0 atom stereocenters. The van der Waals surface area contributed by atoms with E-state index >= 15 is 0 Å². The quantitative estimate of drug-likeness (QED) is 0.547. The molecule has 2 aromatic rings. The summed E-state index contributed by atoms with van der Waals surface area (Å²) in [5, 5.41) is 4.14. The number of thioether (sulfide) groups is 1. The third-order valence-corrected chi connectivity index (χ3v) is 4.68. The van der Waals surface area contributed by atoms with Crippen LogP contribution in [-0.2, 0) is 4.79 Å². The molecule has 0 fully saturated rings. The smallest absolute Gasteiger partial charge is 0.225 e. The van der Waals surface area contributed by atoms with Crippen LogP contribution in [0, 0.1) is 0 Å². The van der Waals surface area contributed by atoms with E-state index in [4.69, 9.17) is 40.5 Å². The van der Waals surface area contributed by atoms with Gasteiger partial charge in [0.15, 0.2) is 0 Å². The Morgan fingerprint density at radius 1 is 1.09 bits per heavy atom. The summed E-state index contributed by atoms with van der Waals surface area (Å²) in [6.07, 6.45) is 0.353. The van der Waals surface area contributed by atoms with E-state index in [1.54, 1.807) is 17.8 Å². The standard InChI is InChI=1S/C15H13Cl3N2OS/c16-9-1-3-10(4-2-9)22-6-5-15(21)20-14-8-11(17)13(19)7-12(14)18/h1-4,7-8H,5-6,19H2,(H,20,21). The van der Waals surface area contributed by atoms with Crippen molar-refractivity contribution in [1.29, 1.82) is 0 Å². The molecular weight excluding hydrogens is 363 g/mol. The number of hydrogen-bond donors (Lipinski definition) is 2. The summed E-state index contributed by atoms with van der Waals surface area (Å²) in [7, 11) is 0. The first-order chi connectivity index (χ1) is 10.5. The van der Waals surface area contributed by atoms with Crippen LogP contribution >= 0.6 is 46.6 Å². The Balaban J connectivity index is 1.85. The van der Waals surface area contributed by atoms with E-state index in [2.05, 4.69) is 5.32 Å². The van der Waals surface area contributed by atoms with E-state index in [9.17, 15) is 4.79 Å². The Hall–Kier alpha value is -1.07. The van der Waals surface area contributed by atoms with Crippen molar-refractivity contribution in [3.05, 3.63) is 51.5 Å². The van der Waals surface area contributed by atoms with E-state index in [1.165, 1.54) is 6.07 Å². The summed E-state index contributed by atoms with van der Waals surface area (Å²) in [6, 6.07) is 10.5. The van der Waals surface area contributed by atoms with Crippen LogP contribution in [0.4, 0.5) is 11.4 Å². The number of amides is 1. The van der Waals surface area contributed by atoms with E-state index in [0.29, 0.717) is 38.6 Å². The lowest BCUT2D eigenvalue weighted by atomic mass is 10.2. The molecule has 3 N–H and O–H groups in total. The third kappa shape index (κ3) is 4.99. The van der Waals surface area contributed by atoms with Gasteiger partial charge in [0.25, 0.3) is 0 Å². The maximum absolute atomic E-state index is 11.9. The van der Waals surface area contributed by atoms with Gasteiger partial charge in [-0.15, -0.1) is 11.8 Å². The average Bonchev–Trinajstić information content (AvgIpc) is 2.47. The van der Waals surface area contributed by atoms with Crippen molar-refractivity contribution >= 4 is 63.8 Å². The minimum atomic E-state index is -0.135. The molecule has 0 aliphatic heterocycles. The van der Waals surface area contributed by atoms with Gasteiger partial charge in [0.05, 0.1) is 21.4 Å². The summed E-state index contributed by atoms with van der Waals surface area (Å²) in [6.45, 7) is 0. The largest absolute Gasteiger partial charge is 0.397 e. The third-order valence-electron chi connectivity index (χ3n) is 2.77. The highest BCUT2D eigenvalue weighted by molar-refractivity contribution is 7.99. The number of carbonyl (C=O) groups is 1. The Bertz CT molecular complexity index is 677. The maximum Gasteiger partial charge on any atom is 0.225 e. The fourth-order valence-electron chi connectivity index (χ4n) is 1.66. The summed E-state index contributed by atoms with van der Waals surface area (Å²) in [5.74, 6) is 0.512. The molecule has 0 unspecified atom stereocenters. The molecule has 0 bridgehead atoms. The van der Waals surface area contributed by atoms with Crippen LogP contribution in [0.25, 0.3) is 0 Å². The van der Waals surface area contributed by atoms with Gasteiger partial charge < -0.3 is 11.1 Å². The van der Waals surface area contributed by atoms with Gasteiger partial charge in [0, 0.05) is 22.1 Å². The number of nitrogens with two attached hydrogens (primary N) is 1. The Kier molecular flexibility index (Phi) is 6.26. The SMILES string of the molecule is Nc1cc(Cl)c(NC(=O)CCSc2ccc(Cl)cc2)cc1Cl. The first kappa shape index (κ1) is 17.3. The molecule has 0 saturated carbocycles. The highest BCUT2D eigenvalue weighted by Gasteiger charge is 2.09. The monoisotopic (exact) mass is 374 g/mol. The fourth-order valence-corrected chi connectivity index (χ4v) is 3.02. The van der Waals surface area contributed by atoms with Gasteiger partial charge in [-0.05, 0) is 36.4 Å². The molecule has 0 radical (unpaired) electrons. The first-order valence-electron chi connectivity index (χ1n) is 6.38. The van der Waals surface area contributed by atoms with Crippen LogP contribution in [-0.4, -0.2) is 11.7 Å². The Morgan fingerprint density at radius 2 is 1.77 bits per heavy atom. The summed E-state index contributed by atoms with van der Waals surface area (Å²) >= 11 is 19.3. The molecule has 0 aromatic heterocycles. The molecule has 116 valence electrons. The van der Waals surface area contributed by atoms with Crippen molar-refractivity contribution in [2.24, 2.45) is 0 Å². The second kappa shape index (κ2) is 7.97. The molecular formula is C15H13Cl3N2OS.